The Labute approximate surface area is 227 Å². The zero-order chi connectivity index (χ0) is 28.2. The first kappa shape index (κ1) is 26.4. The number of nitrogens with one attached hydrogen (secondary N) is 2. The quantitative estimate of drug-likeness (QED) is 0.267. The van der Waals surface area contributed by atoms with Gasteiger partial charge in [-0.3, -0.25) is 19.4 Å². The maximum absolute atomic E-state index is 14.2. The van der Waals surface area contributed by atoms with Gasteiger partial charge < -0.3 is 16.0 Å². The van der Waals surface area contributed by atoms with E-state index in [1.807, 2.05) is 12.1 Å². The third kappa shape index (κ3) is 5.78. The summed E-state index contributed by atoms with van der Waals surface area (Å²) in [7, 11) is 0. The Balaban J connectivity index is 1.54. The summed E-state index contributed by atoms with van der Waals surface area (Å²) in [5.41, 5.74) is 7.95. The van der Waals surface area contributed by atoms with Gasteiger partial charge in [-0.05, 0) is 59.5 Å². The fourth-order valence-corrected chi connectivity index (χ4v) is 4.78. The molecule has 2 heterocycles. The Kier molecular flexibility index (Phi) is 7.46. The van der Waals surface area contributed by atoms with Gasteiger partial charge in [-0.2, -0.15) is 0 Å². The number of pyridine rings is 2. The molecular weight excluding hydrogens is 514 g/mol. The third-order valence-electron chi connectivity index (χ3n) is 6.56. The van der Waals surface area contributed by atoms with Crippen LogP contribution >= 0.6 is 0 Å². The van der Waals surface area contributed by atoms with Crippen LogP contribution in [0.25, 0.3) is 22.0 Å². The topological polar surface area (TPSA) is 118 Å². The van der Waals surface area contributed by atoms with Crippen molar-refractivity contribution in [3.05, 3.63) is 135 Å². The summed E-state index contributed by atoms with van der Waals surface area (Å²) < 4.78 is 28.2. The van der Waals surface area contributed by atoms with Crippen molar-refractivity contribution >= 4 is 22.7 Å². The molecule has 40 heavy (non-hydrogen) atoms. The molecule has 0 spiro atoms. The molecule has 3 aromatic carbocycles. The molecule has 9 heteroatoms. The molecule has 0 aliphatic carbocycles. The number of halogens is 2. The Morgan fingerprint density at radius 2 is 1.77 bits per heavy atom. The van der Waals surface area contributed by atoms with Crippen LogP contribution in [0.3, 0.4) is 0 Å². The molecule has 200 valence electrons. The van der Waals surface area contributed by atoms with Crippen molar-refractivity contribution in [1.29, 1.82) is 0 Å². The fraction of sp³-hybridized carbons (Fsp3) is 0.0968. The summed E-state index contributed by atoms with van der Waals surface area (Å²) in [4.78, 5) is 44.7. The number of H-pyrrole nitrogens is 1. The van der Waals surface area contributed by atoms with Gasteiger partial charge in [0.1, 0.15) is 11.6 Å². The summed E-state index contributed by atoms with van der Waals surface area (Å²) >= 11 is 0. The highest BCUT2D eigenvalue weighted by molar-refractivity contribution is 5.94. The predicted molar refractivity (Wildman–Crippen MR) is 147 cm³/mol. The second-order valence-corrected chi connectivity index (χ2v) is 9.33. The molecule has 0 aliphatic heterocycles. The molecule has 2 amide bonds. The molecule has 0 fully saturated rings. The smallest absolute Gasteiger partial charge is 0.251 e. The van der Waals surface area contributed by atoms with Crippen molar-refractivity contribution in [2.75, 3.05) is 0 Å². The summed E-state index contributed by atoms with van der Waals surface area (Å²) in [5.74, 6) is -2.48. The minimum absolute atomic E-state index is 0.0887. The van der Waals surface area contributed by atoms with Crippen LogP contribution in [0.2, 0.25) is 0 Å². The molecule has 7 nitrogen and oxygen atoms in total. The molecule has 5 rings (SSSR count). The van der Waals surface area contributed by atoms with Crippen LogP contribution < -0.4 is 16.6 Å². The molecule has 1 atom stereocenters. The minimum atomic E-state index is -0.917. The highest BCUT2D eigenvalue weighted by Gasteiger charge is 2.22. The molecule has 4 N–H and O–H groups in total. The molecule has 0 radical (unpaired) electrons. The lowest BCUT2D eigenvalue weighted by Crippen LogP contribution is -2.32. The van der Waals surface area contributed by atoms with Crippen LogP contribution in [-0.2, 0) is 17.6 Å². The number of para-hydroxylation sites is 1. The number of aromatic nitrogens is 2. The molecule has 0 saturated heterocycles. The number of carbonyl (C=O) groups excluding carboxylic acids is 2. The average molecular weight is 539 g/mol. The van der Waals surface area contributed by atoms with Crippen molar-refractivity contribution in [3.8, 4) is 11.1 Å². The minimum Gasteiger partial charge on any atom is -0.366 e. The van der Waals surface area contributed by atoms with Gasteiger partial charge in [0.25, 0.3) is 5.91 Å². The number of hydrogen-bond acceptors (Lipinski definition) is 4. The van der Waals surface area contributed by atoms with E-state index in [4.69, 9.17) is 5.73 Å². The van der Waals surface area contributed by atoms with Crippen LogP contribution in [0.15, 0.2) is 95.9 Å². The lowest BCUT2D eigenvalue weighted by Gasteiger charge is -2.22. The van der Waals surface area contributed by atoms with E-state index in [0.717, 1.165) is 11.5 Å². The highest BCUT2D eigenvalue weighted by atomic mass is 19.1. The van der Waals surface area contributed by atoms with Crippen molar-refractivity contribution in [2.45, 2.75) is 18.9 Å². The molecule has 5 aromatic rings. The van der Waals surface area contributed by atoms with E-state index in [9.17, 15) is 23.2 Å². The van der Waals surface area contributed by atoms with E-state index in [1.54, 1.807) is 42.6 Å². The summed E-state index contributed by atoms with van der Waals surface area (Å²) in [6, 6.07) is 21.2. The van der Waals surface area contributed by atoms with Crippen LogP contribution in [0.4, 0.5) is 8.78 Å². The number of nitrogens with zero attached hydrogens (tertiary/aromatic N) is 1. The van der Waals surface area contributed by atoms with Crippen LogP contribution in [0.5, 0.6) is 0 Å². The zero-order valence-corrected chi connectivity index (χ0v) is 21.2. The van der Waals surface area contributed by atoms with Gasteiger partial charge >= 0.3 is 0 Å². The third-order valence-corrected chi connectivity index (χ3v) is 6.56. The Morgan fingerprint density at radius 3 is 2.58 bits per heavy atom. The number of aromatic amines is 1. The molecule has 0 saturated carbocycles. The first-order chi connectivity index (χ1) is 19.3. The second-order valence-electron chi connectivity index (χ2n) is 9.33. The van der Waals surface area contributed by atoms with Gasteiger partial charge in [-0.1, -0.05) is 42.5 Å². The van der Waals surface area contributed by atoms with Crippen LogP contribution in [0.1, 0.15) is 33.2 Å². The standard InChI is InChI=1S/C31H24F2N4O3/c32-21-6-3-5-18(13-21)14-27(37-29(39)17-20-16-28(38)36-26-9-2-1-7-22(20)26)30-23(8-4-12-35-30)19-10-11-25(33)24(15-19)31(34)40/h1-13,15-16,27H,14,17H2,(H2,34,40)(H,36,38)(H,37,39)/t27-/m0/s1. The van der Waals surface area contributed by atoms with Crippen LogP contribution in [-0.4, -0.2) is 21.8 Å². The maximum Gasteiger partial charge on any atom is 0.251 e. The molecule has 2 aromatic heterocycles. The van der Waals surface area contributed by atoms with Gasteiger partial charge in [0.05, 0.1) is 23.7 Å². The monoisotopic (exact) mass is 538 g/mol. The number of carbonyl (C=O) groups is 2. The lowest BCUT2D eigenvalue weighted by molar-refractivity contribution is -0.121. The van der Waals surface area contributed by atoms with Gasteiger partial charge in [-0.25, -0.2) is 8.78 Å². The fourth-order valence-electron chi connectivity index (χ4n) is 4.78. The van der Waals surface area contributed by atoms with E-state index in [1.165, 1.54) is 30.3 Å². The first-order valence-electron chi connectivity index (χ1n) is 12.5. The van der Waals surface area contributed by atoms with E-state index >= 15 is 0 Å². The van der Waals surface area contributed by atoms with Crippen LogP contribution in [0, 0.1) is 11.6 Å². The summed E-state index contributed by atoms with van der Waals surface area (Å²) in [6.07, 6.45) is 1.65. The van der Waals surface area contributed by atoms with E-state index in [0.29, 0.717) is 33.5 Å². The average Bonchev–Trinajstić information content (AvgIpc) is 2.93. The van der Waals surface area contributed by atoms with Gasteiger partial charge in [0, 0.05) is 28.7 Å². The SMILES string of the molecule is NC(=O)c1cc(-c2cccnc2[C@H](Cc2cccc(F)c2)NC(=O)Cc2cc(=O)[nH]c3ccccc23)ccc1F. The van der Waals surface area contributed by atoms with Gasteiger partial charge in [-0.15, -0.1) is 0 Å². The van der Waals surface area contributed by atoms with Gasteiger partial charge in [0.2, 0.25) is 11.5 Å². The van der Waals surface area contributed by atoms with Gasteiger partial charge in [0.15, 0.2) is 0 Å². The molecular formula is C31H24F2N4O3. The Hall–Kier alpha value is -5.18. The number of nitrogens with two attached hydrogens (primary N) is 1. The molecule has 0 bridgehead atoms. The van der Waals surface area contributed by atoms with Crippen molar-refractivity contribution in [1.82, 2.24) is 15.3 Å². The Bertz CT molecular complexity index is 1800. The number of benzene rings is 3. The molecule has 0 unspecified atom stereocenters. The van der Waals surface area contributed by atoms with E-state index in [-0.39, 0.29) is 29.9 Å². The van der Waals surface area contributed by atoms with E-state index in [2.05, 4.69) is 15.3 Å². The highest BCUT2D eigenvalue weighted by Crippen LogP contribution is 2.30. The number of hydrogen-bond donors (Lipinski definition) is 3. The normalized spacial score (nSPS) is 11.8. The first-order valence-corrected chi connectivity index (χ1v) is 12.5. The molecule has 0 aliphatic rings. The Morgan fingerprint density at radius 1 is 0.950 bits per heavy atom. The largest absolute Gasteiger partial charge is 0.366 e. The van der Waals surface area contributed by atoms with E-state index < -0.39 is 23.6 Å². The van der Waals surface area contributed by atoms with Crippen molar-refractivity contribution in [3.63, 3.8) is 0 Å². The maximum atomic E-state index is 14.2. The van der Waals surface area contributed by atoms with Crippen molar-refractivity contribution < 1.29 is 18.4 Å². The number of rotatable bonds is 8. The lowest BCUT2D eigenvalue weighted by atomic mass is 9.94. The number of amides is 2. The zero-order valence-electron chi connectivity index (χ0n) is 21.2. The second kappa shape index (κ2) is 11.3. The summed E-state index contributed by atoms with van der Waals surface area (Å²) in [5, 5.41) is 3.73. The predicted octanol–water partition coefficient (Wildman–Crippen LogP) is 4.61. The number of fused-ring (bicyclic) bond motifs is 1. The number of primary amides is 1. The van der Waals surface area contributed by atoms with Crippen molar-refractivity contribution in [2.24, 2.45) is 5.73 Å². The summed E-state index contributed by atoms with van der Waals surface area (Å²) in [6.45, 7) is 0.